The Kier molecular flexibility index (Phi) is 11.0. The van der Waals surface area contributed by atoms with Gasteiger partial charge in [-0.05, 0) is 31.2 Å². The van der Waals surface area contributed by atoms with Gasteiger partial charge in [0.05, 0.1) is 5.29 Å². The van der Waals surface area contributed by atoms with E-state index in [9.17, 15) is 19.3 Å². The molecule has 1 atom stereocenters. The summed E-state index contributed by atoms with van der Waals surface area (Å²) in [4.78, 5) is 48.2. The predicted octanol–water partition coefficient (Wildman–Crippen LogP) is 2.42. The first kappa shape index (κ1) is 24.1. The molecule has 0 aromatic heterocycles. The highest BCUT2D eigenvalue weighted by Gasteiger charge is 2.20. The molecule has 0 aliphatic heterocycles. The van der Waals surface area contributed by atoms with Crippen molar-refractivity contribution in [1.29, 1.82) is 0 Å². The average molecular weight is 405 g/mol. The van der Waals surface area contributed by atoms with E-state index in [0.29, 0.717) is 38.9 Å². The normalized spacial score (nSPS) is 11.3. The van der Waals surface area contributed by atoms with Crippen molar-refractivity contribution in [1.82, 2.24) is 20.5 Å². The summed E-state index contributed by atoms with van der Waals surface area (Å²) in [6.45, 7) is 4.68. The third-order valence-corrected chi connectivity index (χ3v) is 4.34. The summed E-state index contributed by atoms with van der Waals surface area (Å²) in [5, 5.41) is 8.94. The van der Waals surface area contributed by atoms with Crippen molar-refractivity contribution in [2.24, 2.45) is 5.29 Å². The number of nitrogens with zero attached hydrogens (tertiary/aromatic N) is 3. The summed E-state index contributed by atoms with van der Waals surface area (Å²) in [5.74, 6) is -0.512. The first-order valence-corrected chi connectivity index (χ1v) is 9.83. The second-order valence-corrected chi connectivity index (χ2v) is 6.83. The number of hydrogen-bond acceptors (Lipinski definition) is 5. The Morgan fingerprint density at radius 1 is 1.10 bits per heavy atom. The maximum Gasteiger partial charge on any atom is 0.342 e. The highest BCUT2D eigenvalue weighted by atomic mass is 16.3. The number of hydrogen-bond donors (Lipinski definition) is 2. The highest BCUT2D eigenvalue weighted by Crippen LogP contribution is 2.07. The molecule has 160 valence electrons. The maximum absolute atomic E-state index is 12.5. The van der Waals surface area contributed by atoms with Crippen molar-refractivity contribution in [2.75, 3.05) is 20.1 Å². The molecule has 0 saturated carbocycles. The minimum atomic E-state index is -0.633. The number of benzene rings is 1. The van der Waals surface area contributed by atoms with E-state index in [-0.39, 0.29) is 11.8 Å². The third-order valence-electron chi connectivity index (χ3n) is 4.34. The third kappa shape index (κ3) is 9.18. The molecule has 4 amide bonds. The Labute approximate surface area is 171 Å². The number of amides is 4. The molecule has 1 aromatic carbocycles. The molecule has 0 bridgehead atoms. The minimum Gasteiger partial charge on any atom is -0.350 e. The predicted molar refractivity (Wildman–Crippen MR) is 111 cm³/mol. The second kappa shape index (κ2) is 13.2. The SMILES string of the molecule is CCCN(CCCC[C@H](NC(C)=O)C(=O)NCc1ccccc1)C(=O)N(C)N=O. The van der Waals surface area contributed by atoms with E-state index >= 15 is 0 Å². The molecular formula is C20H31N5O4. The summed E-state index contributed by atoms with van der Waals surface area (Å²) in [6, 6.07) is 8.45. The zero-order valence-electron chi connectivity index (χ0n) is 17.4. The van der Waals surface area contributed by atoms with E-state index in [1.165, 1.54) is 14.0 Å². The molecule has 0 spiro atoms. The van der Waals surface area contributed by atoms with Crippen molar-refractivity contribution in [3.8, 4) is 0 Å². The van der Waals surface area contributed by atoms with Crippen LogP contribution in [0.2, 0.25) is 0 Å². The lowest BCUT2D eigenvalue weighted by Crippen LogP contribution is -2.46. The number of nitrogens with one attached hydrogen (secondary N) is 2. The van der Waals surface area contributed by atoms with Gasteiger partial charge in [0, 0.05) is 33.6 Å². The molecule has 2 N–H and O–H groups in total. The van der Waals surface area contributed by atoms with Gasteiger partial charge in [0.2, 0.25) is 11.8 Å². The zero-order chi connectivity index (χ0) is 21.6. The maximum atomic E-state index is 12.5. The molecule has 9 heteroatoms. The molecule has 0 radical (unpaired) electrons. The van der Waals surface area contributed by atoms with Crippen LogP contribution in [0.1, 0.15) is 45.1 Å². The van der Waals surface area contributed by atoms with Gasteiger partial charge in [-0.3, -0.25) is 9.59 Å². The molecule has 0 fully saturated rings. The van der Waals surface area contributed by atoms with Crippen LogP contribution >= 0.6 is 0 Å². The van der Waals surface area contributed by atoms with Crippen LogP contribution in [0.25, 0.3) is 0 Å². The van der Waals surface area contributed by atoms with Gasteiger partial charge in [0.15, 0.2) is 0 Å². The molecule has 0 unspecified atom stereocenters. The highest BCUT2D eigenvalue weighted by molar-refractivity contribution is 5.86. The Morgan fingerprint density at radius 2 is 1.79 bits per heavy atom. The summed E-state index contributed by atoms with van der Waals surface area (Å²) in [6.07, 6.45) is 2.49. The van der Waals surface area contributed by atoms with Gasteiger partial charge in [-0.1, -0.05) is 37.3 Å². The van der Waals surface area contributed by atoms with Crippen LogP contribution in [-0.2, 0) is 16.1 Å². The van der Waals surface area contributed by atoms with Crippen LogP contribution in [0, 0.1) is 4.91 Å². The van der Waals surface area contributed by atoms with Gasteiger partial charge >= 0.3 is 6.03 Å². The van der Waals surface area contributed by atoms with Gasteiger partial charge in [-0.2, -0.15) is 5.01 Å². The van der Waals surface area contributed by atoms with Crippen molar-refractivity contribution in [3.05, 3.63) is 40.8 Å². The summed E-state index contributed by atoms with van der Waals surface area (Å²) in [7, 11) is 1.32. The van der Waals surface area contributed by atoms with E-state index < -0.39 is 12.1 Å². The van der Waals surface area contributed by atoms with E-state index in [1.54, 1.807) is 4.90 Å². The van der Waals surface area contributed by atoms with E-state index in [1.807, 2.05) is 37.3 Å². The van der Waals surface area contributed by atoms with Crippen molar-refractivity contribution in [2.45, 2.75) is 52.1 Å². The van der Waals surface area contributed by atoms with Gasteiger partial charge in [-0.25, -0.2) is 4.79 Å². The topological polar surface area (TPSA) is 111 Å². The van der Waals surface area contributed by atoms with Crippen LogP contribution in [0.5, 0.6) is 0 Å². The zero-order valence-corrected chi connectivity index (χ0v) is 17.4. The van der Waals surface area contributed by atoms with Crippen LogP contribution in [0.4, 0.5) is 4.79 Å². The molecule has 9 nitrogen and oxygen atoms in total. The Bertz CT molecular complexity index is 668. The molecule has 0 aliphatic carbocycles. The Hall–Kier alpha value is -2.97. The molecule has 29 heavy (non-hydrogen) atoms. The lowest BCUT2D eigenvalue weighted by Gasteiger charge is -2.24. The fraction of sp³-hybridized carbons (Fsp3) is 0.550. The average Bonchev–Trinajstić information content (AvgIpc) is 2.72. The van der Waals surface area contributed by atoms with Crippen LogP contribution < -0.4 is 10.6 Å². The minimum absolute atomic E-state index is 0.240. The molecule has 0 saturated heterocycles. The number of nitroso groups, excluding NO2 is 1. The monoisotopic (exact) mass is 405 g/mol. The largest absolute Gasteiger partial charge is 0.350 e. The molecule has 1 rings (SSSR count). The van der Waals surface area contributed by atoms with Crippen molar-refractivity contribution in [3.63, 3.8) is 0 Å². The smallest absolute Gasteiger partial charge is 0.342 e. The van der Waals surface area contributed by atoms with Gasteiger partial charge < -0.3 is 15.5 Å². The lowest BCUT2D eigenvalue weighted by atomic mass is 10.1. The van der Waals surface area contributed by atoms with E-state index in [0.717, 1.165) is 17.0 Å². The Balaban J connectivity index is 2.53. The van der Waals surface area contributed by atoms with Crippen molar-refractivity contribution < 1.29 is 14.4 Å². The molecule has 0 heterocycles. The quantitative estimate of drug-likeness (QED) is 0.316. The number of rotatable bonds is 12. The van der Waals surface area contributed by atoms with Crippen molar-refractivity contribution >= 4 is 17.8 Å². The van der Waals surface area contributed by atoms with Gasteiger partial charge in [-0.15, -0.1) is 4.91 Å². The number of carbonyl (C=O) groups is 3. The number of urea groups is 1. The first-order chi connectivity index (χ1) is 13.9. The van der Waals surface area contributed by atoms with Crippen LogP contribution in [0.15, 0.2) is 35.6 Å². The molecule has 1 aromatic rings. The van der Waals surface area contributed by atoms with E-state index in [4.69, 9.17) is 0 Å². The standard InChI is InChI=1S/C20H31N5O4/c1-4-13-25(20(28)24(3)23-29)14-9-8-12-18(22-16(2)26)19(27)21-15-17-10-6-5-7-11-17/h5-7,10-11,18H,4,8-9,12-15H2,1-3H3,(H,21,27)(H,22,26)/t18-/m0/s1. The molecule has 0 aliphatic rings. The summed E-state index contributed by atoms with van der Waals surface area (Å²) >= 11 is 0. The second-order valence-electron chi connectivity index (χ2n) is 6.83. The fourth-order valence-electron chi connectivity index (χ4n) is 2.89. The van der Waals surface area contributed by atoms with E-state index in [2.05, 4.69) is 15.9 Å². The molecular weight excluding hydrogens is 374 g/mol. The summed E-state index contributed by atoms with van der Waals surface area (Å²) in [5.41, 5.74) is 0.976. The van der Waals surface area contributed by atoms with Gasteiger partial charge in [0.25, 0.3) is 0 Å². The first-order valence-electron chi connectivity index (χ1n) is 9.83. The van der Waals surface area contributed by atoms with Crippen LogP contribution in [0.3, 0.4) is 0 Å². The Morgan fingerprint density at radius 3 is 2.38 bits per heavy atom. The fourth-order valence-corrected chi connectivity index (χ4v) is 2.89. The number of carbonyl (C=O) groups excluding carboxylic acids is 3. The van der Waals surface area contributed by atoms with Crippen LogP contribution in [-0.4, -0.2) is 53.9 Å². The summed E-state index contributed by atoms with van der Waals surface area (Å²) < 4.78 is 0. The lowest BCUT2D eigenvalue weighted by molar-refractivity contribution is -0.128. The van der Waals surface area contributed by atoms with Gasteiger partial charge in [0.1, 0.15) is 6.04 Å². The number of unbranched alkanes of at least 4 members (excludes halogenated alkanes) is 1.